The molecule has 0 bridgehead atoms. The molecule has 194 valence electrons. The van der Waals surface area contributed by atoms with Gasteiger partial charge in [-0.25, -0.2) is 19.3 Å². The fourth-order valence-electron chi connectivity index (χ4n) is 4.20. The number of nitrogens with zero attached hydrogens (tertiary/aromatic N) is 3. The molecule has 1 aromatic heterocycles. The lowest BCUT2D eigenvalue weighted by Crippen LogP contribution is -2.51. The van der Waals surface area contributed by atoms with Gasteiger partial charge in [-0.05, 0) is 44.0 Å². The smallest absolute Gasteiger partial charge is 0.417 e. The van der Waals surface area contributed by atoms with Gasteiger partial charge in [-0.3, -0.25) is 14.2 Å². The van der Waals surface area contributed by atoms with Gasteiger partial charge in [-0.2, -0.15) is 13.2 Å². The van der Waals surface area contributed by atoms with Gasteiger partial charge in [0.2, 0.25) is 0 Å². The first-order valence-corrected chi connectivity index (χ1v) is 11.5. The quantitative estimate of drug-likeness (QED) is 0.461. The topological polar surface area (TPSA) is 90.6 Å². The molecule has 37 heavy (non-hydrogen) atoms. The SMILES string of the molecule is CCOC(=O)c1cn(N2C(=O)C(C)(C)c3ccccc32)c(=O)n(Cc2cccc(C(F)(F)F)c2Cl)c1=O. The van der Waals surface area contributed by atoms with Gasteiger partial charge in [0.25, 0.3) is 11.5 Å². The summed E-state index contributed by atoms with van der Waals surface area (Å²) in [5, 5.41) is 0.336. The number of alkyl halides is 3. The Kier molecular flexibility index (Phi) is 6.53. The predicted molar refractivity (Wildman–Crippen MR) is 129 cm³/mol. The fourth-order valence-corrected chi connectivity index (χ4v) is 4.49. The molecule has 0 spiro atoms. The third-order valence-corrected chi connectivity index (χ3v) is 6.56. The summed E-state index contributed by atoms with van der Waals surface area (Å²) in [5.74, 6) is -1.59. The summed E-state index contributed by atoms with van der Waals surface area (Å²) in [6, 6.07) is 9.76. The number of halogens is 4. The molecule has 0 radical (unpaired) electrons. The minimum absolute atomic E-state index is 0.0879. The average Bonchev–Trinajstić information content (AvgIpc) is 3.03. The molecule has 0 unspecified atom stereocenters. The zero-order valence-corrected chi connectivity index (χ0v) is 20.7. The number of esters is 1. The van der Waals surface area contributed by atoms with Gasteiger partial charge in [0.1, 0.15) is 5.56 Å². The van der Waals surface area contributed by atoms with Crippen LogP contribution in [0.3, 0.4) is 0 Å². The molecule has 0 saturated carbocycles. The molecule has 3 aromatic rings. The Morgan fingerprint density at radius 2 is 1.73 bits per heavy atom. The average molecular weight is 536 g/mol. The second-order valence-corrected chi connectivity index (χ2v) is 9.20. The van der Waals surface area contributed by atoms with Gasteiger partial charge >= 0.3 is 17.8 Å². The van der Waals surface area contributed by atoms with E-state index in [0.717, 1.165) is 28.0 Å². The second kappa shape index (κ2) is 9.22. The molecule has 4 rings (SSSR count). The lowest BCUT2D eigenvalue weighted by atomic mass is 9.86. The van der Waals surface area contributed by atoms with Crippen molar-refractivity contribution in [2.75, 3.05) is 11.6 Å². The zero-order chi connectivity index (χ0) is 27.3. The van der Waals surface area contributed by atoms with Crippen LogP contribution in [0.5, 0.6) is 0 Å². The minimum Gasteiger partial charge on any atom is -0.462 e. The maximum Gasteiger partial charge on any atom is 0.417 e. The third kappa shape index (κ3) is 4.33. The highest BCUT2D eigenvalue weighted by Crippen LogP contribution is 2.41. The van der Waals surface area contributed by atoms with Crippen molar-refractivity contribution in [3.05, 3.63) is 96.8 Å². The summed E-state index contributed by atoms with van der Waals surface area (Å²) in [7, 11) is 0. The maximum absolute atomic E-state index is 13.6. The number of para-hydroxylation sites is 1. The molecular formula is C25H21ClF3N3O5. The van der Waals surface area contributed by atoms with Gasteiger partial charge in [0, 0.05) is 0 Å². The Morgan fingerprint density at radius 1 is 1.05 bits per heavy atom. The zero-order valence-electron chi connectivity index (χ0n) is 19.9. The standard InChI is InChI=1S/C25H21ClF3N3O5/c1-4-37-21(34)15-13-31(32-18-11-6-5-9-16(18)24(2,3)22(32)35)23(36)30(20(15)33)12-14-8-7-10-17(19(14)26)25(27,28)29/h5-11,13H,4,12H2,1-3H3. The van der Waals surface area contributed by atoms with E-state index in [4.69, 9.17) is 16.3 Å². The molecule has 2 aromatic carbocycles. The summed E-state index contributed by atoms with van der Waals surface area (Å²) < 4.78 is 46.4. The highest BCUT2D eigenvalue weighted by Gasteiger charge is 2.45. The number of rotatable bonds is 5. The molecular weight excluding hydrogens is 515 g/mol. The number of benzene rings is 2. The first kappa shape index (κ1) is 26.2. The van der Waals surface area contributed by atoms with Crippen LogP contribution in [-0.4, -0.2) is 27.7 Å². The number of hydrogen-bond donors (Lipinski definition) is 0. The highest BCUT2D eigenvalue weighted by molar-refractivity contribution is 6.32. The number of hydrogen-bond acceptors (Lipinski definition) is 5. The number of carbonyl (C=O) groups excluding carboxylic acids is 2. The van der Waals surface area contributed by atoms with E-state index < -0.39 is 57.4 Å². The van der Waals surface area contributed by atoms with Gasteiger partial charge < -0.3 is 4.74 Å². The molecule has 1 aliphatic heterocycles. The van der Waals surface area contributed by atoms with Gasteiger partial charge in [0.05, 0.1) is 41.0 Å². The highest BCUT2D eigenvalue weighted by atomic mass is 35.5. The Balaban J connectivity index is 1.97. The normalized spacial score (nSPS) is 14.6. The van der Waals surface area contributed by atoms with E-state index in [-0.39, 0.29) is 12.2 Å². The van der Waals surface area contributed by atoms with Crippen LogP contribution in [0.25, 0.3) is 0 Å². The molecule has 8 nitrogen and oxygen atoms in total. The number of carbonyl (C=O) groups is 2. The Morgan fingerprint density at radius 3 is 2.38 bits per heavy atom. The van der Waals surface area contributed by atoms with E-state index >= 15 is 0 Å². The molecule has 0 aliphatic carbocycles. The molecule has 12 heteroatoms. The van der Waals surface area contributed by atoms with Crippen molar-refractivity contribution in [1.82, 2.24) is 9.24 Å². The molecule has 0 saturated heterocycles. The monoisotopic (exact) mass is 535 g/mol. The Hall–Kier alpha value is -3.86. The summed E-state index contributed by atoms with van der Waals surface area (Å²) in [6.45, 7) is 4.04. The van der Waals surface area contributed by atoms with Crippen LogP contribution in [0.4, 0.5) is 18.9 Å². The summed E-state index contributed by atoms with van der Waals surface area (Å²) >= 11 is 5.99. The van der Waals surface area contributed by atoms with Crippen LogP contribution in [-0.2, 0) is 27.7 Å². The van der Waals surface area contributed by atoms with Crippen molar-refractivity contribution < 1.29 is 27.5 Å². The van der Waals surface area contributed by atoms with Crippen molar-refractivity contribution >= 4 is 29.2 Å². The summed E-state index contributed by atoms with van der Waals surface area (Å²) in [5.41, 5.74) is -4.19. The van der Waals surface area contributed by atoms with Gasteiger partial charge in [-0.15, -0.1) is 0 Å². The molecule has 2 heterocycles. The van der Waals surface area contributed by atoms with E-state index in [2.05, 4.69) is 0 Å². The summed E-state index contributed by atoms with van der Waals surface area (Å²) in [6.07, 6.45) is -3.87. The summed E-state index contributed by atoms with van der Waals surface area (Å²) in [4.78, 5) is 52.8. The second-order valence-electron chi connectivity index (χ2n) is 8.82. The van der Waals surface area contributed by atoms with E-state index in [1.54, 1.807) is 38.1 Å². The van der Waals surface area contributed by atoms with E-state index in [0.29, 0.717) is 15.8 Å². The van der Waals surface area contributed by atoms with Crippen molar-refractivity contribution in [2.45, 2.75) is 38.9 Å². The van der Waals surface area contributed by atoms with E-state index in [1.807, 2.05) is 0 Å². The number of fused-ring (bicyclic) bond motifs is 1. The molecule has 1 amide bonds. The fraction of sp³-hybridized carbons (Fsp3) is 0.280. The molecule has 0 atom stereocenters. The van der Waals surface area contributed by atoms with Crippen molar-refractivity contribution in [3.8, 4) is 0 Å². The number of anilines is 1. The number of amides is 1. The largest absolute Gasteiger partial charge is 0.462 e. The van der Waals surface area contributed by atoms with Crippen LogP contribution >= 0.6 is 11.6 Å². The molecule has 0 fully saturated rings. The van der Waals surface area contributed by atoms with E-state index in [1.165, 1.54) is 13.0 Å². The third-order valence-electron chi connectivity index (χ3n) is 6.11. The van der Waals surface area contributed by atoms with Gasteiger partial charge in [-0.1, -0.05) is 41.9 Å². The van der Waals surface area contributed by atoms with Crippen LogP contribution in [0, 0.1) is 0 Å². The maximum atomic E-state index is 13.6. The van der Waals surface area contributed by atoms with Crippen LogP contribution in [0.15, 0.2) is 58.3 Å². The lowest BCUT2D eigenvalue weighted by Gasteiger charge is -2.23. The van der Waals surface area contributed by atoms with Crippen LogP contribution in [0.2, 0.25) is 5.02 Å². The first-order valence-electron chi connectivity index (χ1n) is 11.1. The van der Waals surface area contributed by atoms with Crippen molar-refractivity contribution in [1.29, 1.82) is 0 Å². The van der Waals surface area contributed by atoms with Crippen molar-refractivity contribution in [2.24, 2.45) is 0 Å². The Bertz CT molecular complexity index is 1540. The van der Waals surface area contributed by atoms with Crippen LogP contribution in [0.1, 0.15) is 47.8 Å². The van der Waals surface area contributed by atoms with E-state index in [9.17, 15) is 32.3 Å². The molecule has 0 N–H and O–H groups in total. The predicted octanol–water partition coefficient (Wildman–Crippen LogP) is 3.99. The number of ether oxygens (including phenoxy) is 1. The van der Waals surface area contributed by atoms with Gasteiger partial charge in [0.15, 0.2) is 0 Å². The van der Waals surface area contributed by atoms with Crippen molar-refractivity contribution in [3.63, 3.8) is 0 Å². The number of aromatic nitrogens is 2. The first-order chi connectivity index (χ1) is 17.3. The van der Waals surface area contributed by atoms with Crippen LogP contribution < -0.4 is 16.3 Å². The lowest BCUT2D eigenvalue weighted by molar-refractivity contribution is -0.137. The Labute approximate surface area is 213 Å². The molecule has 1 aliphatic rings. The minimum atomic E-state index is -4.78.